The van der Waals surface area contributed by atoms with Crippen molar-refractivity contribution in [3.63, 3.8) is 0 Å². The normalized spacial score (nSPS) is 12.2. The van der Waals surface area contributed by atoms with Crippen LogP contribution in [0.4, 0.5) is 0 Å². The summed E-state index contributed by atoms with van der Waals surface area (Å²) in [6, 6.07) is 6.12. The molecule has 0 unspecified atom stereocenters. The van der Waals surface area contributed by atoms with Gasteiger partial charge in [0.15, 0.2) is 0 Å². The average molecular weight is 363 g/mol. The van der Waals surface area contributed by atoms with E-state index in [1.54, 1.807) is 0 Å². The van der Waals surface area contributed by atoms with Crippen LogP contribution < -0.4 is 0 Å². The Balaban J connectivity index is 2.40. The number of benzene rings is 1. The molecular formula is C23H38O3. The van der Waals surface area contributed by atoms with Crippen LogP contribution in [0.15, 0.2) is 18.2 Å². The lowest BCUT2D eigenvalue weighted by atomic mass is 9.89. The molecule has 0 fully saturated rings. The Morgan fingerprint density at radius 2 is 1.42 bits per heavy atom. The van der Waals surface area contributed by atoms with E-state index in [-0.39, 0.29) is 0 Å². The van der Waals surface area contributed by atoms with E-state index in [2.05, 4.69) is 26.8 Å². The van der Waals surface area contributed by atoms with Crippen LogP contribution in [-0.4, -0.2) is 17.2 Å². The number of hydrogen-bond acceptors (Lipinski definition) is 3. The average Bonchev–Trinajstić information content (AvgIpc) is 2.52. The molecule has 0 aliphatic rings. The molecule has 1 N–H and O–H groups in total. The first-order valence-corrected chi connectivity index (χ1v) is 10.1. The largest absolute Gasteiger partial charge is 0.507 e. The summed E-state index contributed by atoms with van der Waals surface area (Å²) >= 11 is 0. The van der Waals surface area contributed by atoms with Crippen molar-refractivity contribution in [1.29, 1.82) is 0 Å². The number of carbonyl (C=O) groups excluding carboxylic acids is 1. The van der Waals surface area contributed by atoms with Crippen molar-refractivity contribution in [2.75, 3.05) is 0 Å². The quantitative estimate of drug-likeness (QED) is 0.355. The van der Waals surface area contributed by atoms with Gasteiger partial charge < -0.3 is 9.84 Å². The molecule has 0 bridgehead atoms. The van der Waals surface area contributed by atoms with E-state index >= 15 is 0 Å². The lowest BCUT2D eigenvalue weighted by Gasteiger charge is -2.22. The van der Waals surface area contributed by atoms with Gasteiger partial charge >= 0.3 is 0 Å². The van der Waals surface area contributed by atoms with Gasteiger partial charge in [0.25, 0.3) is 6.47 Å². The van der Waals surface area contributed by atoms with Crippen LogP contribution in [-0.2, 0) is 22.4 Å². The smallest absolute Gasteiger partial charge is 0.293 e. The zero-order valence-electron chi connectivity index (χ0n) is 17.4. The Morgan fingerprint density at radius 3 is 1.96 bits per heavy atom. The van der Waals surface area contributed by atoms with Gasteiger partial charge in [-0.3, -0.25) is 4.79 Å². The molecule has 0 spiro atoms. The van der Waals surface area contributed by atoms with E-state index in [0.717, 1.165) is 49.7 Å². The van der Waals surface area contributed by atoms with E-state index in [1.165, 1.54) is 19.3 Å². The number of aryl methyl sites for hydroxylation is 2. The van der Waals surface area contributed by atoms with Gasteiger partial charge in [0.05, 0.1) is 0 Å². The Bertz CT molecular complexity index is 541. The first-order chi connectivity index (χ1) is 12.1. The molecule has 3 nitrogen and oxygen atoms in total. The molecular weight excluding hydrogens is 324 g/mol. The Labute approximate surface area is 160 Å². The van der Waals surface area contributed by atoms with Gasteiger partial charge in [-0.15, -0.1) is 0 Å². The van der Waals surface area contributed by atoms with Crippen LogP contribution in [0.25, 0.3) is 0 Å². The van der Waals surface area contributed by atoms with Crippen LogP contribution in [0.5, 0.6) is 5.75 Å². The third kappa shape index (κ3) is 9.26. The summed E-state index contributed by atoms with van der Waals surface area (Å²) in [6.07, 6.45) is 9.44. The first-order valence-electron chi connectivity index (χ1n) is 10.1. The van der Waals surface area contributed by atoms with Gasteiger partial charge in [-0.05, 0) is 75.3 Å². The highest BCUT2D eigenvalue weighted by Gasteiger charge is 2.18. The molecule has 0 saturated heterocycles. The SMILES string of the molecule is CC(C)(C)CCCCCc1cccc(CCCCC(C)(C)OC=O)c1O. The van der Waals surface area contributed by atoms with Crippen molar-refractivity contribution in [3.05, 3.63) is 29.3 Å². The maximum absolute atomic E-state index is 10.5. The Hall–Kier alpha value is -1.51. The number of phenols is 1. The minimum absolute atomic E-state index is 0.404. The summed E-state index contributed by atoms with van der Waals surface area (Å²) in [5.74, 6) is 0.478. The zero-order valence-corrected chi connectivity index (χ0v) is 17.4. The third-order valence-electron chi connectivity index (χ3n) is 4.92. The van der Waals surface area contributed by atoms with Gasteiger partial charge in [0, 0.05) is 0 Å². The summed E-state index contributed by atoms with van der Waals surface area (Å²) in [5, 5.41) is 10.5. The predicted molar refractivity (Wildman–Crippen MR) is 109 cm³/mol. The molecule has 26 heavy (non-hydrogen) atoms. The number of carbonyl (C=O) groups is 1. The van der Waals surface area contributed by atoms with Gasteiger partial charge in [-0.25, -0.2) is 0 Å². The van der Waals surface area contributed by atoms with Crippen molar-refractivity contribution >= 4 is 6.47 Å². The number of unbranched alkanes of at least 4 members (excludes halogenated alkanes) is 3. The minimum atomic E-state index is -0.404. The van der Waals surface area contributed by atoms with Gasteiger partial charge in [0.1, 0.15) is 11.4 Å². The van der Waals surface area contributed by atoms with Crippen LogP contribution in [0.2, 0.25) is 0 Å². The molecule has 0 aromatic heterocycles. The molecule has 1 rings (SSSR count). The summed E-state index contributed by atoms with van der Waals surface area (Å²) in [6.45, 7) is 11.2. The van der Waals surface area contributed by atoms with E-state index in [0.29, 0.717) is 17.6 Å². The standard InChI is InChI=1S/C23H38O3/c1-22(2,3)16-9-6-7-12-19-14-11-15-20(21(19)25)13-8-10-17-23(4,5)26-18-24/h11,14-15,18,25H,6-10,12-13,16-17H2,1-5H3. The molecule has 0 radical (unpaired) electrons. The highest BCUT2D eigenvalue weighted by Crippen LogP contribution is 2.28. The molecule has 148 valence electrons. The van der Waals surface area contributed by atoms with E-state index in [9.17, 15) is 9.90 Å². The summed E-state index contributed by atoms with van der Waals surface area (Å²) in [7, 11) is 0. The lowest BCUT2D eigenvalue weighted by Crippen LogP contribution is -2.23. The van der Waals surface area contributed by atoms with Crippen molar-refractivity contribution in [2.45, 2.75) is 98.0 Å². The highest BCUT2D eigenvalue weighted by atomic mass is 16.5. The summed E-state index contributed by atoms with van der Waals surface area (Å²) < 4.78 is 5.08. The van der Waals surface area contributed by atoms with Gasteiger partial charge in [0.2, 0.25) is 0 Å². The molecule has 0 amide bonds. The molecule has 1 aromatic carbocycles. The monoisotopic (exact) mass is 362 g/mol. The lowest BCUT2D eigenvalue weighted by molar-refractivity contribution is -0.140. The second-order valence-electron chi connectivity index (χ2n) is 9.23. The first kappa shape index (κ1) is 22.5. The fourth-order valence-electron chi connectivity index (χ4n) is 3.25. The van der Waals surface area contributed by atoms with Crippen LogP contribution >= 0.6 is 0 Å². The minimum Gasteiger partial charge on any atom is -0.507 e. The van der Waals surface area contributed by atoms with E-state index < -0.39 is 5.60 Å². The van der Waals surface area contributed by atoms with Crippen LogP contribution in [0.3, 0.4) is 0 Å². The molecule has 0 heterocycles. The molecule has 0 atom stereocenters. The number of rotatable bonds is 12. The number of phenolic OH excluding ortho intramolecular Hbond substituents is 1. The van der Waals surface area contributed by atoms with Crippen molar-refractivity contribution in [3.8, 4) is 5.75 Å². The Kier molecular flexibility index (Phi) is 9.18. The van der Waals surface area contributed by atoms with Crippen LogP contribution in [0, 0.1) is 5.41 Å². The van der Waals surface area contributed by atoms with Crippen molar-refractivity contribution in [1.82, 2.24) is 0 Å². The topological polar surface area (TPSA) is 46.5 Å². The number of ether oxygens (including phenoxy) is 1. The molecule has 0 saturated carbocycles. The highest BCUT2D eigenvalue weighted by molar-refractivity contribution is 5.40. The summed E-state index contributed by atoms with van der Waals surface area (Å²) in [5.41, 5.74) is 2.11. The summed E-state index contributed by atoms with van der Waals surface area (Å²) in [4.78, 5) is 10.5. The van der Waals surface area contributed by atoms with Crippen molar-refractivity contribution < 1.29 is 14.6 Å². The van der Waals surface area contributed by atoms with E-state index in [1.807, 2.05) is 26.0 Å². The fourth-order valence-corrected chi connectivity index (χ4v) is 3.25. The predicted octanol–water partition coefficient (Wildman–Crippen LogP) is 6.21. The molecule has 3 heteroatoms. The van der Waals surface area contributed by atoms with E-state index in [4.69, 9.17) is 4.74 Å². The maximum Gasteiger partial charge on any atom is 0.293 e. The third-order valence-corrected chi connectivity index (χ3v) is 4.92. The Morgan fingerprint density at radius 1 is 0.885 bits per heavy atom. The van der Waals surface area contributed by atoms with Gasteiger partial charge in [-0.1, -0.05) is 51.8 Å². The maximum atomic E-state index is 10.5. The fraction of sp³-hybridized carbons (Fsp3) is 0.696. The molecule has 1 aromatic rings. The van der Waals surface area contributed by atoms with Crippen molar-refractivity contribution in [2.24, 2.45) is 5.41 Å². The molecule has 0 aliphatic heterocycles. The number of aromatic hydroxyl groups is 1. The second-order valence-corrected chi connectivity index (χ2v) is 9.23. The second kappa shape index (κ2) is 10.6. The van der Waals surface area contributed by atoms with Crippen LogP contribution in [0.1, 0.15) is 90.7 Å². The number of hydrogen-bond donors (Lipinski definition) is 1. The number of para-hydroxylation sites is 1. The zero-order chi connectivity index (χ0) is 19.6. The molecule has 0 aliphatic carbocycles. The van der Waals surface area contributed by atoms with Gasteiger partial charge in [-0.2, -0.15) is 0 Å².